The van der Waals surface area contributed by atoms with Crippen LogP contribution < -0.4 is 0 Å². The summed E-state index contributed by atoms with van der Waals surface area (Å²) in [6.07, 6.45) is 2.70. The van der Waals surface area contributed by atoms with Crippen LogP contribution in [0.4, 0.5) is 0 Å². The summed E-state index contributed by atoms with van der Waals surface area (Å²) in [6, 6.07) is 6.76. The highest BCUT2D eigenvalue weighted by molar-refractivity contribution is 7.89. The Labute approximate surface area is 134 Å². The van der Waals surface area contributed by atoms with Crippen LogP contribution in [0.3, 0.4) is 0 Å². The van der Waals surface area contributed by atoms with Gasteiger partial charge in [-0.15, -0.1) is 0 Å². The minimum atomic E-state index is -3.74. The van der Waals surface area contributed by atoms with E-state index in [0.717, 1.165) is 5.56 Å². The number of carbonyl (C=O) groups is 1. The molecule has 1 aromatic heterocycles. The van der Waals surface area contributed by atoms with E-state index in [1.807, 2.05) is 6.92 Å². The second-order valence-corrected chi connectivity index (χ2v) is 7.73. The summed E-state index contributed by atoms with van der Waals surface area (Å²) in [6.45, 7) is 2.25. The van der Waals surface area contributed by atoms with Crippen molar-refractivity contribution in [2.24, 2.45) is 5.92 Å². The molecule has 3 rings (SSSR count). The van der Waals surface area contributed by atoms with E-state index in [1.54, 1.807) is 30.5 Å². The van der Waals surface area contributed by atoms with Gasteiger partial charge in [-0.05, 0) is 43.5 Å². The second kappa shape index (κ2) is 5.90. The Morgan fingerprint density at radius 3 is 2.87 bits per heavy atom. The van der Waals surface area contributed by atoms with Gasteiger partial charge >= 0.3 is 5.97 Å². The van der Waals surface area contributed by atoms with E-state index in [-0.39, 0.29) is 11.4 Å². The molecule has 0 saturated carbocycles. The number of pyridine rings is 1. The number of hydrogen-bond donors (Lipinski definition) is 1. The van der Waals surface area contributed by atoms with Crippen molar-refractivity contribution in [1.82, 2.24) is 9.29 Å². The Morgan fingerprint density at radius 1 is 1.35 bits per heavy atom. The molecule has 1 fully saturated rings. The topological polar surface area (TPSA) is 87.6 Å². The summed E-state index contributed by atoms with van der Waals surface area (Å²) in [7, 11) is -3.74. The van der Waals surface area contributed by atoms with Crippen molar-refractivity contribution in [2.75, 3.05) is 13.1 Å². The fraction of sp³-hybridized carbons (Fsp3) is 0.375. The predicted octanol–water partition coefficient (Wildman–Crippen LogP) is 2.03. The molecule has 0 spiro atoms. The van der Waals surface area contributed by atoms with E-state index in [1.165, 1.54) is 4.31 Å². The number of fused-ring (bicyclic) bond motifs is 1. The lowest BCUT2D eigenvalue weighted by Gasteiger charge is -2.30. The molecule has 1 unspecified atom stereocenters. The third-order valence-corrected chi connectivity index (χ3v) is 6.21. The van der Waals surface area contributed by atoms with Gasteiger partial charge in [-0.25, -0.2) is 8.42 Å². The largest absolute Gasteiger partial charge is 0.481 e. The van der Waals surface area contributed by atoms with E-state index < -0.39 is 21.9 Å². The summed E-state index contributed by atoms with van der Waals surface area (Å²) in [4.78, 5) is 15.6. The van der Waals surface area contributed by atoms with Crippen LogP contribution >= 0.6 is 0 Å². The highest BCUT2D eigenvalue weighted by atomic mass is 32.2. The van der Waals surface area contributed by atoms with Crippen LogP contribution in [0.1, 0.15) is 18.4 Å². The Balaban J connectivity index is 2.07. The van der Waals surface area contributed by atoms with Gasteiger partial charge in [0, 0.05) is 24.7 Å². The smallest absolute Gasteiger partial charge is 0.307 e. The molecule has 122 valence electrons. The zero-order chi connectivity index (χ0) is 16.6. The first-order valence-electron chi connectivity index (χ1n) is 7.48. The molecule has 0 amide bonds. The number of aromatic nitrogens is 1. The van der Waals surface area contributed by atoms with Gasteiger partial charge < -0.3 is 5.11 Å². The molecule has 2 heterocycles. The first kappa shape index (κ1) is 15.9. The zero-order valence-electron chi connectivity index (χ0n) is 12.8. The van der Waals surface area contributed by atoms with E-state index in [0.29, 0.717) is 30.3 Å². The third-order valence-electron chi connectivity index (χ3n) is 4.28. The molecule has 0 aliphatic carbocycles. The van der Waals surface area contributed by atoms with Crippen LogP contribution in [-0.4, -0.2) is 41.9 Å². The standard InChI is InChI=1S/C16H18N2O4S/c1-11-6-7-14(13-5-2-8-17-15(11)13)23(21,22)18-9-3-4-12(10-18)16(19)20/h2,5-8,12H,3-4,9-10H2,1H3,(H,19,20). The number of rotatable bonds is 3. The molecule has 1 saturated heterocycles. The molecular weight excluding hydrogens is 316 g/mol. The number of aryl methyl sites for hydroxylation is 1. The predicted molar refractivity (Wildman–Crippen MR) is 85.6 cm³/mol. The molecule has 1 aromatic carbocycles. The first-order chi connectivity index (χ1) is 10.9. The number of benzene rings is 1. The minimum Gasteiger partial charge on any atom is -0.481 e. The zero-order valence-corrected chi connectivity index (χ0v) is 13.6. The lowest BCUT2D eigenvalue weighted by Crippen LogP contribution is -2.42. The van der Waals surface area contributed by atoms with E-state index in [2.05, 4.69) is 4.98 Å². The lowest BCUT2D eigenvalue weighted by atomic mass is 10.0. The summed E-state index contributed by atoms with van der Waals surface area (Å²) in [5.74, 6) is -1.59. The Hall–Kier alpha value is -1.99. The van der Waals surface area contributed by atoms with Gasteiger partial charge in [0.2, 0.25) is 10.0 Å². The van der Waals surface area contributed by atoms with E-state index in [4.69, 9.17) is 5.11 Å². The Kier molecular flexibility index (Phi) is 4.08. The number of hydrogen-bond acceptors (Lipinski definition) is 4. The number of carboxylic acid groups (broad SMARTS) is 1. The van der Waals surface area contributed by atoms with Crippen LogP contribution in [0, 0.1) is 12.8 Å². The molecule has 0 bridgehead atoms. The van der Waals surface area contributed by atoms with E-state index in [9.17, 15) is 13.2 Å². The second-order valence-electron chi connectivity index (χ2n) is 5.82. The Bertz CT molecular complexity index is 864. The summed E-state index contributed by atoms with van der Waals surface area (Å²) in [5.41, 5.74) is 1.56. The SMILES string of the molecule is Cc1ccc(S(=O)(=O)N2CCCC(C(=O)O)C2)c2cccnc12. The molecule has 2 aromatic rings. The normalized spacial score (nSPS) is 19.8. The maximum atomic E-state index is 13.0. The van der Waals surface area contributed by atoms with Gasteiger partial charge in [0.25, 0.3) is 0 Å². The molecular formula is C16H18N2O4S. The van der Waals surface area contributed by atoms with Gasteiger partial charge in [0.15, 0.2) is 0 Å². The van der Waals surface area contributed by atoms with Crippen molar-refractivity contribution < 1.29 is 18.3 Å². The molecule has 6 nitrogen and oxygen atoms in total. The number of carboxylic acids is 1. The molecule has 23 heavy (non-hydrogen) atoms. The van der Waals surface area contributed by atoms with Crippen LogP contribution in [0.5, 0.6) is 0 Å². The minimum absolute atomic E-state index is 0.0211. The van der Waals surface area contributed by atoms with Crippen molar-refractivity contribution >= 4 is 26.9 Å². The van der Waals surface area contributed by atoms with Crippen LogP contribution in [0.25, 0.3) is 10.9 Å². The van der Waals surface area contributed by atoms with Crippen molar-refractivity contribution in [3.05, 3.63) is 36.0 Å². The average Bonchev–Trinajstić information content (AvgIpc) is 2.55. The molecule has 1 atom stereocenters. The highest BCUT2D eigenvalue weighted by Gasteiger charge is 2.34. The maximum Gasteiger partial charge on any atom is 0.307 e. The van der Waals surface area contributed by atoms with Gasteiger partial charge in [-0.2, -0.15) is 4.31 Å². The molecule has 1 aliphatic heterocycles. The summed E-state index contributed by atoms with van der Waals surface area (Å²) < 4.78 is 27.3. The molecule has 0 radical (unpaired) electrons. The Morgan fingerprint density at radius 2 is 2.13 bits per heavy atom. The number of piperidine rings is 1. The average molecular weight is 334 g/mol. The molecule has 7 heteroatoms. The van der Waals surface area contributed by atoms with Crippen molar-refractivity contribution in [3.8, 4) is 0 Å². The van der Waals surface area contributed by atoms with Crippen LogP contribution in [0.2, 0.25) is 0 Å². The maximum absolute atomic E-state index is 13.0. The quantitative estimate of drug-likeness (QED) is 0.928. The molecule has 1 N–H and O–H groups in total. The number of sulfonamides is 1. The van der Waals surface area contributed by atoms with Gasteiger partial charge in [-0.1, -0.05) is 6.07 Å². The first-order valence-corrected chi connectivity index (χ1v) is 8.92. The lowest BCUT2D eigenvalue weighted by molar-refractivity contribution is -0.142. The van der Waals surface area contributed by atoms with Crippen molar-refractivity contribution in [2.45, 2.75) is 24.7 Å². The van der Waals surface area contributed by atoms with E-state index >= 15 is 0 Å². The summed E-state index contributed by atoms with van der Waals surface area (Å²) in [5, 5.41) is 9.74. The van der Waals surface area contributed by atoms with Crippen LogP contribution in [-0.2, 0) is 14.8 Å². The van der Waals surface area contributed by atoms with Gasteiger partial charge in [-0.3, -0.25) is 9.78 Å². The highest BCUT2D eigenvalue weighted by Crippen LogP contribution is 2.29. The monoisotopic (exact) mass is 334 g/mol. The third kappa shape index (κ3) is 2.82. The van der Waals surface area contributed by atoms with Crippen molar-refractivity contribution in [1.29, 1.82) is 0 Å². The van der Waals surface area contributed by atoms with Crippen LogP contribution in [0.15, 0.2) is 35.4 Å². The fourth-order valence-electron chi connectivity index (χ4n) is 3.01. The fourth-order valence-corrected chi connectivity index (χ4v) is 4.72. The number of nitrogens with zero attached hydrogens (tertiary/aromatic N) is 2. The number of aliphatic carboxylic acids is 1. The molecule has 1 aliphatic rings. The van der Waals surface area contributed by atoms with Gasteiger partial charge in [0.05, 0.1) is 16.3 Å². The van der Waals surface area contributed by atoms with Crippen molar-refractivity contribution in [3.63, 3.8) is 0 Å². The van der Waals surface area contributed by atoms with Gasteiger partial charge in [0.1, 0.15) is 0 Å². The summed E-state index contributed by atoms with van der Waals surface area (Å²) >= 11 is 0.